The third-order valence-corrected chi connectivity index (χ3v) is 9.14. The number of fused-ring (bicyclic) bond motifs is 3. The zero-order chi connectivity index (χ0) is 29.6. The van der Waals surface area contributed by atoms with E-state index in [0.717, 1.165) is 22.4 Å². The smallest absolute Gasteiger partial charge is 0.262 e. The van der Waals surface area contributed by atoms with Gasteiger partial charge in [-0.2, -0.15) is 0 Å². The van der Waals surface area contributed by atoms with Gasteiger partial charge in [-0.3, -0.25) is 24.1 Å². The van der Waals surface area contributed by atoms with Crippen LogP contribution in [-0.4, -0.2) is 41.1 Å². The van der Waals surface area contributed by atoms with Crippen LogP contribution in [0.3, 0.4) is 0 Å². The van der Waals surface area contributed by atoms with Crippen LogP contribution in [-0.2, 0) is 22.6 Å². The van der Waals surface area contributed by atoms with Crippen molar-refractivity contribution < 1.29 is 19.2 Å². The Kier molecular flexibility index (Phi) is 6.65. The van der Waals surface area contributed by atoms with Crippen LogP contribution in [0.4, 0.5) is 11.4 Å². The molecule has 4 aromatic rings. The third-order valence-electron chi connectivity index (χ3n) is 9.14. The molecule has 0 bridgehead atoms. The third kappa shape index (κ3) is 4.43. The molecule has 214 valence electrons. The molecular weight excluding hydrogens is 538 g/mol. The molecule has 0 radical (unpaired) electrons. The van der Waals surface area contributed by atoms with Crippen molar-refractivity contribution >= 4 is 35.0 Å². The van der Waals surface area contributed by atoms with Crippen LogP contribution in [0.5, 0.6) is 0 Å². The summed E-state index contributed by atoms with van der Waals surface area (Å²) >= 11 is 0. The lowest BCUT2D eigenvalue weighted by molar-refractivity contribution is -0.129. The second-order valence-corrected chi connectivity index (χ2v) is 11.6. The molecule has 1 aliphatic carbocycles. The minimum atomic E-state index is -0.882. The summed E-state index contributed by atoms with van der Waals surface area (Å²) in [5, 5.41) is 0. The molecule has 2 atom stereocenters. The van der Waals surface area contributed by atoms with Gasteiger partial charge in [-0.15, -0.1) is 0 Å². The molecule has 0 spiro atoms. The maximum atomic E-state index is 15.0. The SMILES string of the molecule is O=C1c2ccccc2C(=O)N1CC(=O)N1c2ccccc2N(Cc2ccccc2)C(=O)C2(Cc3ccccc3)CCCC12. The number of carbonyl (C=O) groups is 4. The molecule has 2 aliphatic heterocycles. The van der Waals surface area contributed by atoms with E-state index in [1.54, 1.807) is 29.2 Å². The number of imide groups is 1. The van der Waals surface area contributed by atoms with Gasteiger partial charge in [-0.1, -0.05) is 91.3 Å². The van der Waals surface area contributed by atoms with Crippen LogP contribution >= 0.6 is 0 Å². The fourth-order valence-corrected chi connectivity index (χ4v) is 7.19. The highest BCUT2D eigenvalue weighted by Gasteiger charge is 2.57. The molecule has 0 saturated heterocycles. The van der Waals surface area contributed by atoms with Crippen LogP contribution < -0.4 is 9.80 Å². The highest BCUT2D eigenvalue weighted by molar-refractivity contribution is 6.23. The summed E-state index contributed by atoms with van der Waals surface area (Å²) in [5.74, 6) is -1.33. The predicted molar refractivity (Wildman–Crippen MR) is 164 cm³/mol. The minimum Gasteiger partial charge on any atom is -0.305 e. The average molecular weight is 570 g/mol. The first kappa shape index (κ1) is 26.8. The predicted octanol–water partition coefficient (Wildman–Crippen LogP) is 5.64. The van der Waals surface area contributed by atoms with E-state index in [0.29, 0.717) is 48.3 Å². The molecule has 7 nitrogen and oxygen atoms in total. The minimum absolute atomic E-state index is 0.00816. The molecule has 3 aliphatic rings. The molecule has 2 unspecified atom stereocenters. The first-order valence-electron chi connectivity index (χ1n) is 14.7. The quantitative estimate of drug-likeness (QED) is 0.282. The summed E-state index contributed by atoms with van der Waals surface area (Å²) in [5.41, 5.74) is 3.01. The maximum Gasteiger partial charge on any atom is 0.262 e. The lowest BCUT2D eigenvalue weighted by Gasteiger charge is -2.40. The van der Waals surface area contributed by atoms with E-state index >= 15 is 0 Å². The summed E-state index contributed by atoms with van der Waals surface area (Å²) in [6.07, 6.45) is 2.52. The van der Waals surface area contributed by atoms with E-state index in [4.69, 9.17) is 0 Å². The van der Waals surface area contributed by atoms with Gasteiger partial charge in [-0.25, -0.2) is 0 Å². The number of rotatable bonds is 6. The van der Waals surface area contributed by atoms with Crippen molar-refractivity contribution in [1.29, 1.82) is 0 Å². The molecule has 0 N–H and O–H groups in total. The van der Waals surface area contributed by atoms with Gasteiger partial charge >= 0.3 is 0 Å². The summed E-state index contributed by atoms with van der Waals surface area (Å²) in [6, 6.07) is 33.5. The van der Waals surface area contributed by atoms with Gasteiger partial charge in [0.2, 0.25) is 11.8 Å². The largest absolute Gasteiger partial charge is 0.305 e. The van der Waals surface area contributed by atoms with Crippen molar-refractivity contribution in [3.63, 3.8) is 0 Å². The molecule has 2 heterocycles. The average Bonchev–Trinajstić information content (AvgIpc) is 3.54. The van der Waals surface area contributed by atoms with Crippen molar-refractivity contribution in [2.24, 2.45) is 5.41 Å². The van der Waals surface area contributed by atoms with E-state index < -0.39 is 29.8 Å². The van der Waals surface area contributed by atoms with E-state index in [9.17, 15) is 19.2 Å². The Labute approximate surface area is 250 Å². The Hall–Kier alpha value is -5.04. The second kappa shape index (κ2) is 10.7. The normalized spacial score (nSPS) is 21.0. The van der Waals surface area contributed by atoms with Gasteiger partial charge in [-0.05, 0) is 54.7 Å². The Bertz CT molecular complexity index is 1700. The zero-order valence-corrected chi connectivity index (χ0v) is 23.7. The summed E-state index contributed by atoms with van der Waals surface area (Å²) in [6.45, 7) is -0.0359. The molecule has 4 aromatic carbocycles. The number of hydrogen-bond donors (Lipinski definition) is 0. The zero-order valence-electron chi connectivity index (χ0n) is 23.7. The molecule has 1 saturated carbocycles. The molecule has 4 amide bonds. The molecule has 7 rings (SSSR count). The van der Waals surface area contributed by atoms with E-state index in [1.165, 1.54) is 0 Å². The van der Waals surface area contributed by atoms with Crippen LogP contribution in [0.1, 0.15) is 51.1 Å². The lowest BCUT2D eigenvalue weighted by Crippen LogP contribution is -2.56. The van der Waals surface area contributed by atoms with Crippen molar-refractivity contribution in [3.8, 4) is 0 Å². The topological polar surface area (TPSA) is 78.0 Å². The first-order valence-corrected chi connectivity index (χ1v) is 14.7. The molecule has 43 heavy (non-hydrogen) atoms. The number of hydrogen-bond acceptors (Lipinski definition) is 4. The first-order chi connectivity index (χ1) is 21.0. The Morgan fingerprint density at radius 3 is 1.88 bits per heavy atom. The van der Waals surface area contributed by atoms with Crippen LogP contribution in [0.2, 0.25) is 0 Å². The van der Waals surface area contributed by atoms with Crippen molar-refractivity contribution in [1.82, 2.24) is 4.90 Å². The van der Waals surface area contributed by atoms with Crippen molar-refractivity contribution in [3.05, 3.63) is 131 Å². The Morgan fingerprint density at radius 1 is 0.674 bits per heavy atom. The number of amides is 4. The van der Waals surface area contributed by atoms with Crippen LogP contribution in [0, 0.1) is 5.41 Å². The highest BCUT2D eigenvalue weighted by atomic mass is 16.2. The van der Waals surface area contributed by atoms with Gasteiger partial charge in [0.05, 0.1) is 40.5 Å². The highest BCUT2D eigenvalue weighted by Crippen LogP contribution is 2.52. The monoisotopic (exact) mass is 569 g/mol. The van der Waals surface area contributed by atoms with Crippen LogP contribution in [0.25, 0.3) is 0 Å². The maximum absolute atomic E-state index is 15.0. The summed E-state index contributed by atoms with van der Waals surface area (Å²) in [7, 11) is 0. The molecule has 7 heteroatoms. The van der Waals surface area contributed by atoms with Gasteiger partial charge < -0.3 is 9.80 Å². The fraction of sp³-hybridized carbons (Fsp3) is 0.222. The lowest BCUT2D eigenvalue weighted by atomic mass is 9.75. The number of para-hydroxylation sites is 2. The van der Waals surface area contributed by atoms with Gasteiger partial charge in [0, 0.05) is 0 Å². The molecular formula is C36H31N3O4. The van der Waals surface area contributed by atoms with Crippen LogP contribution in [0.15, 0.2) is 109 Å². The molecule has 0 aromatic heterocycles. The number of carbonyl (C=O) groups excluding carboxylic acids is 4. The van der Waals surface area contributed by atoms with Gasteiger partial charge in [0.25, 0.3) is 11.8 Å². The number of nitrogens with zero attached hydrogens (tertiary/aromatic N) is 3. The van der Waals surface area contributed by atoms with Gasteiger partial charge in [0.15, 0.2) is 0 Å². The second-order valence-electron chi connectivity index (χ2n) is 11.6. The van der Waals surface area contributed by atoms with Crippen molar-refractivity contribution in [2.45, 2.75) is 38.3 Å². The molecule has 1 fully saturated rings. The number of anilines is 2. The van der Waals surface area contributed by atoms with Gasteiger partial charge in [0.1, 0.15) is 6.54 Å². The van der Waals surface area contributed by atoms with E-state index in [2.05, 4.69) is 0 Å². The Balaban J connectivity index is 1.34. The van der Waals surface area contributed by atoms with Crippen molar-refractivity contribution in [2.75, 3.05) is 16.3 Å². The van der Waals surface area contributed by atoms with E-state index in [1.807, 2.05) is 89.8 Å². The Morgan fingerprint density at radius 2 is 1.23 bits per heavy atom. The van der Waals surface area contributed by atoms with E-state index in [-0.39, 0.29) is 11.8 Å². The fourth-order valence-electron chi connectivity index (χ4n) is 7.19. The number of benzene rings is 4. The standard InChI is InChI=1S/C36H31N3O4/c40-32(24-38-33(41)27-16-7-8-17-28(27)34(38)42)39-30-19-10-9-18-29(30)37(23-26-14-5-2-6-15-26)35(43)36(21-11-20-31(36)39)22-25-12-3-1-4-13-25/h1-10,12-19,31H,11,20-24H2. The summed E-state index contributed by atoms with van der Waals surface area (Å²) in [4.78, 5) is 60.5. The summed E-state index contributed by atoms with van der Waals surface area (Å²) < 4.78 is 0.